The average Bonchev–Trinajstić information content (AvgIpc) is 2.97. The molecule has 0 saturated heterocycles. The Morgan fingerprint density at radius 1 is 1.12 bits per heavy atom. The van der Waals surface area contributed by atoms with Crippen LogP contribution in [0.3, 0.4) is 0 Å². The number of hydrogen-bond acceptors (Lipinski definition) is 5. The Hall–Kier alpha value is -3.15. The van der Waals surface area contributed by atoms with Crippen LogP contribution in [0.1, 0.15) is 27.1 Å². The van der Waals surface area contributed by atoms with Crippen LogP contribution in [0.5, 0.6) is 0 Å². The number of rotatable bonds is 3. The number of carbonyl (C=O) groups excluding carboxylic acids is 2. The molecule has 118 valence electrons. The quantitative estimate of drug-likeness (QED) is 0.690. The lowest BCUT2D eigenvalue weighted by molar-refractivity contribution is 0.0833. The van der Waals surface area contributed by atoms with Gasteiger partial charge in [-0.1, -0.05) is 42.0 Å². The third kappa shape index (κ3) is 2.32. The molecule has 24 heavy (non-hydrogen) atoms. The Bertz CT molecular complexity index is 986. The van der Waals surface area contributed by atoms with E-state index < -0.39 is 6.04 Å². The zero-order chi connectivity index (χ0) is 16.7. The van der Waals surface area contributed by atoms with Gasteiger partial charge in [0.05, 0.1) is 11.0 Å². The van der Waals surface area contributed by atoms with Crippen molar-refractivity contribution >= 4 is 28.7 Å². The molecule has 1 aliphatic heterocycles. The first-order valence-corrected chi connectivity index (χ1v) is 7.66. The molecule has 0 fully saturated rings. The average molecular weight is 318 g/mol. The van der Waals surface area contributed by atoms with Gasteiger partial charge in [0.25, 0.3) is 11.9 Å². The number of fused-ring (bicyclic) bond motifs is 3. The largest absolute Gasteiger partial charge is 0.294 e. The van der Waals surface area contributed by atoms with E-state index in [-0.39, 0.29) is 24.1 Å². The summed E-state index contributed by atoms with van der Waals surface area (Å²) in [5, 5.41) is 8.03. The highest BCUT2D eigenvalue weighted by Crippen LogP contribution is 2.27. The zero-order valence-electron chi connectivity index (χ0n) is 13.0. The maximum atomic E-state index is 12.7. The first-order chi connectivity index (χ1) is 11.6. The Morgan fingerprint density at radius 2 is 1.88 bits per heavy atom. The molecule has 0 saturated carbocycles. The Balaban J connectivity index is 1.63. The van der Waals surface area contributed by atoms with Crippen LogP contribution < -0.4 is 0 Å². The monoisotopic (exact) mass is 318 g/mol. The van der Waals surface area contributed by atoms with Gasteiger partial charge in [-0.3, -0.25) is 9.59 Å². The van der Waals surface area contributed by atoms with Crippen molar-refractivity contribution in [2.24, 2.45) is 10.2 Å². The maximum absolute atomic E-state index is 12.7. The molecule has 3 aromatic rings. The summed E-state index contributed by atoms with van der Waals surface area (Å²) in [5.41, 5.74) is 3.02. The van der Waals surface area contributed by atoms with Crippen molar-refractivity contribution in [2.75, 3.05) is 0 Å². The van der Waals surface area contributed by atoms with Gasteiger partial charge in [-0.15, -0.1) is 5.11 Å². The fourth-order valence-corrected chi connectivity index (χ4v) is 2.78. The Labute approximate surface area is 137 Å². The second-order valence-corrected chi connectivity index (χ2v) is 5.80. The number of aryl methyl sites for hydroxylation is 1. The van der Waals surface area contributed by atoms with Gasteiger partial charge in [0.2, 0.25) is 0 Å². The molecule has 0 bridgehead atoms. The van der Waals surface area contributed by atoms with Gasteiger partial charge in [0.1, 0.15) is 0 Å². The Morgan fingerprint density at radius 3 is 2.67 bits per heavy atom. The predicted octanol–water partition coefficient (Wildman–Crippen LogP) is 3.72. The molecule has 1 aliphatic rings. The van der Waals surface area contributed by atoms with E-state index in [2.05, 4.69) is 15.2 Å². The SMILES string of the molecule is Cc1ccc(C(=O)CC2N=Nc3nc4ccccc4n3C2=O)cc1. The molecular weight excluding hydrogens is 304 g/mol. The molecule has 0 aliphatic carbocycles. The first-order valence-electron chi connectivity index (χ1n) is 7.66. The minimum atomic E-state index is -0.816. The van der Waals surface area contributed by atoms with Crippen LogP contribution in [0.15, 0.2) is 58.8 Å². The topological polar surface area (TPSA) is 76.7 Å². The number of carbonyl (C=O) groups is 2. The third-order valence-electron chi connectivity index (χ3n) is 4.09. The molecular formula is C18H14N4O2. The second kappa shape index (κ2) is 5.49. The number of imidazole rings is 1. The van der Waals surface area contributed by atoms with E-state index in [1.807, 2.05) is 43.3 Å². The highest BCUT2D eigenvalue weighted by molar-refractivity contribution is 6.02. The number of hydrogen-bond donors (Lipinski definition) is 0. The summed E-state index contributed by atoms with van der Waals surface area (Å²) in [4.78, 5) is 29.4. The lowest BCUT2D eigenvalue weighted by Crippen LogP contribution is -2.29. The zero-order valence-corrected chi connectivity index (χ0v) is 13.0. The van der Waals surface area contributed by atoms with Gasteiger partial charge >= 0.3 is 0 Å². The minimum absolute atomic E-state index is 0.00264. The standard InChI is InChI=1S/C18H14N4O2/c1-11-6-8-12(9-7-11)16(23)10-14-17(24)22-15-5-3-2-4-13(15)19-18(22)21-20-14/h2-9,14H,10H2,1H3. The summed E-state index contributed by atoms with van der Waals surface area (Å²) in [6.07, 6.45) is -0.00264. The lowest BCUT2D eigenvalue weighted by atomic mass is 10.0. The summed E-state index contributed by atoms with van der Waals surface area (Å²) in [5.74, 6) is -0.130. The molecule has 0 N–H and O–H groups in total. The van der Waals surface area contributed by atoms with Gasteiger partial charge < -0.3 is 0 Å². The van der Waals surface area contributed by atoms with E-state index >= 15 is 0 Å². The number of azo groups is 1. The molecule has 0 amide bonds. The Kier molecular flexibility index (Phi) is 3.30. The third-order valence-corrected chi connectivity index (χ3v) is 4.09. The van der Waals surface area contributed by atoms with E-state index in [0.717, 1.165) is 5.56 Å². The normalized spacial score (nSPS) is 16.4. The molecule has 0 radical (unpaired) electrons. The molecule has 1 aromatic heterocycles. The smallest absolute Gasteiger partial charge is 0.261 e. The molecule has 2 aromatic carbocycles. The van der Waals surface area contributed by atoms with Crippen molar-refractivity contribution in [1.82, 2.24) is 9.55 Å². The van der Waals surface area contributed by atoms with Gasteiger partial charge in [0, 0.05) is 12.0 Å². The molecule has 1 unspecified atom stereocenters. The van der Waals surface area contributed by atoms with Crippen LogP contribution in [-0.4, -0.2) is 27.3 Å². The molecule has 0 spiro atoms. The van der Waals surface area contributed by atoms with E-state index in [9.17, 15) is 9.59 Å². The fraction of sp³-hybridized carbons (Fsp3) is 0.167. The maximum Gasteiger partial charge on any atom is 0.261 e. The first kappa shape index (κ1) is 14.4. The minimum Gasteiger partial charge on any atom is -0.294 e. The summed E-state index contributed by atoms with van der Waals surface area (Å²) < 4.78 is 1.44. The van der Waals surface area contributed by atoms with E-state index in [4.69, 9.17) is 0 Å². The highest BCUT2D eigenvalue weighted by atomic mass is 16.2. The molecule has 6 heteroatoms. The summed E-state index contributed by atoms with van der Waals surface area (Å²) >= 11 is 0. The van der Waals surface area contributed by atoms with Crippen LogP contribution in [0.4, 0.5) is 5.95 Å². The van der Waals surface area contributed by atoms with Crippen LogP contribution in [-0.2, 0) is 0 Å². The van der Waals surface area contributed by atoms with Gasteiger partial charge in [0.15, 0.2) is 11.8 Å². The number of nitrogens with zero attached hydrogens (tertiary/aromatic N) is 4. The van der Waals surface area contributed by atoms with E-state index in [0.29, 0.717) is 16.6 Å². The van der Waals surface area contributed by atoms with E-state index in [1.165, 1.54) is 4.57 Å². The van der Waals surface area contributed by atoms with Gasteiger partial charge in [-0.05, 0) is 19.1 Å². The molecule has 2 heterocycles. The van der Waals surface area contributed by atoms with Crippen LogP contribution in [0.25, 0.3) is 11.0 Å². The highest BCUT2D eigenvalue weighted by Gasteiger charge is 2.30. The second-order valence-electron chi connectivity index (χ2n) is 5.80. The summed E-state index contributed by atoms with van der Waals surface area (Å²) in [6.45, 7) is 1.96. The molecule has 1 atom stereocenters. The van der Waals surface area contributed by atoms with Crippen LogP contribution in [0, 0.1) is 6.92 Å². The van der Waals surface area contributed by atoms with Crippen molar-refractivity contribution in [3.8, 4) is 0 Å². The van der Waals surface area contributed by atoms with Crippen molar-refractivity contribution in [2.45, 2.75) is 19.4 Å². The summed E-state index contributed by atoms with van der Waals surface area (Å²) in [7, 11) is 0. The van der Waals surface area contributed by atoms with Gasteiger partial charge in [-0.2, -0.15) is 5.11 Å². The van der Waals surface area contributed by atoms with Crippen molar-refractivity contribution in [1.29, 1.82) is 0 Å². The number of aromatic nitrogens is 2. The van der Waals surface area contributed by atoms with Crippen molar-refractivity contribution in [3.05, 3.63) is 59.7 Å². The fourth-order valence-electron chi connectivity index (χ4n) is 2.78. The molecule has 4 rings (SSSR count). The van der Waals surface area contributed by atoms with Gasteiger partial charge in [-0.25, -0.2) is 9.55 Å². The van der Waals surface area contributed by atoms with E-state index in [1.54, 1.807) is 12.1 Å². The molecule has 6 nitrogen and oxygen atoms in total. The number of ketones is 1. The lowest BCUT2D eigenvalue weighted by Gasteiger charge is -2.15. The predicted molar refractivity (Wildman–Crippen MR) is 88.8 cm³/mol. The number of benzene rings is 2. The number of para-hydroxylation sites is 2. The van der Waals surface area contributed by atoms with Crippen LogP contribution in [0.2, 0.25) is 0 Å². The van der Waals surface area contributed by atoms with Crippen molar-refractivity contribution < 1.29 is 9.59 Å². The van der Waals surface area contributed by atoms with Crippen LogP contribution >= 0.6 is 0 Å². The number of Topliss-reactive ketones (excluding diaryl/α,β-unsaturated/α-hetero) is 1. The van der Waals surface area contributed by atoms with Crippen molar-refractivity contribution in [3.63, 3.8) is 0 Å². The summed E-state index contributed by atoms with van der Waals surface area (Å²) in [6, 6.07) is 13.8.